The minimum atomic E-state index is -0.155. The molecule has 2 aliphatic heterocycles. The Balaban J connectivity index is 1.32. The zero-order valence-electron chi connectivity index (χ0n) is 15.8. The number of aromatic nitrogens is 2. The number of likely N-dealkylation sites (tertiary alicyclic amines) is 1. The quantitative estimate of drug-likeness (QED) is 0.832. The van der Waals surface area contributed by atoms with Crippen molar-refractivity contribution in [3.63, 3.8) is 0 Å². The number of nitrogens with zero attached hydrogens (tertiary/aromatic N) is 3. The van der Waals surface area contributed by atoms with Crippen molar-refractivity contribution in [3.8, 4) is 0 Å². The molecule has 27 heavy (non-hydrogen) atoms. The molecule has 2 fully saturated rings. The maximum absolute atomic E-state index is 12.7. The third-order valence-electron chi connectivity index (χ3n) is 5.75. The molecule has 1 amide bonds. The molecule has 2 saturated heterocycles. The van der Waals surface area contributed by atoms with Crippen LogP contribution in [0.5, 0.6) is 0 Å². The van der Waals surface area contributed by atoms with Crippen molar-refractivity contribution in [2.75, 3.05) is 19.7 Å². The molecule has 1 atom stereocenters. The van der Waals surface area contributed by atoms with E-state index in [1.165, 1.54) is 5.56 Å². The highest BCUT2D eigenvalue weighted by Gasteiger charge is 2.42. The van der Waals surface area contributed by atoms with Crippen LogP contribution in [0, 0.1) is 0 Å². The maximum Gasteiger partial charge on any atom is 0.289 e. The molecule has 1 spiro atoms. The topological polar surface area (TPSA) is 56.6 Å². The Kier molecular flexibility index (Phi) is 5.27. The van der Waals surface area contributed by atoms with E-state index in [9.17, 15) is 4.79 Å². The summed E-state index contributed by atoms with van der Waals surface area (Å²) in [5, 5.41) is 0. The molecule has 0 N–H and O–H groups in total. The van der Waals surface area contributed by atoms with E-state index in [0.717, 1.165) is 32.3 Å². The van der Waals surface area contributed by atoms with E-state index in [4.69, 9.17) is 9.47 Å². The van der Waals surface area contributed by atoms with E-state index in [1.54, 1.807) is 17.0 Å². The van der Waals surface area contributed by atoms with Crippen molar-refractivity contribution >= 4 is 5.91 Å². The Morgan fingerprint density at radius 2 is 2.07 bits per heavy atom. The van der Waals surface area contributed by atoms with Crippen LogP contribution in [-0.4, -0.2) is 51.8 Å². The number of benzene rings is 1. The smallest absolute Gasteiger partial charge is 0.289 e. The molecular weight excluding hydrogens is 342 g/mol. The van der Waals surface area contributed by atoms with Crippen LogP contribution in [0.25, 0.3) is 0 Å². The molecule has 144 valence electrons. The average Bonchev–Trinajstić information content (AvgIpc) is 3.13. The number of imidazole rings is 1. The standard InChI is InChI=1S/C21H27N3O3/c1-23-13-10-22-19(23)20(25)24-11-8-21(9-12-24)15-18(7-14-27-21)26-16-17-5-3-2-4-6-17/h2-6,10,13,18H,7-9,11-12,14-16H2,1H3. The summed E-state index contributed by atoms with van der Waals surface area (Å²) in [5.41, 5.74) is 1.05. The second-order valence-electron chi connectivity index (χ2n) is 7.60. The van der Waals surface area contributed by atoms with Crippen LogP contribution in [0.4, 0.5) is 0 Å². The van der Waals surface area contributed by atoms with Crippen LogP contribution in [0.1, 0.15) is 41.9 Å². The number of hydrogen-bond acceptors (Lipinski definition) is 4. The molecule has 1 unspecified atom stereocenters. The van der Waals surface area contributed by atoms with Gasteiger partial charge in [0.25, 0.3) is 5.91 Å². The van der Waals surface area contributed by atoms with E-state index in [1.807, 2.05) is 30.1 Å². The molecule has 0 bridgehead atoms. The van der Waals surface area contributed by atoms with Crippen molar-refractivity contribution in [2.45, 2.75) is 44.0 Å². The molecule has 6 heteroatoms. The lowest BCUT2D eigenvalue weighted by molar-refractivity contribution is -0.154. The number of rotatable bonds is 4. The van der Waals surface area contributed by atoms with E-state index >= 15 is 0 Å². The predicted molar refractivity (Wildman–Crippen MR) is 101 cm³/mol. The molecule has 1 aromatic heterocycles. The van der Waals surface area contributed by atoms with Crippen LogP contribution in [0.3, 0.4) is 0 Å². The zero-order valence-corrected chi connectivity index (χ0v) is 15.8. The van der Waals surface area contributed by atoms with Gasteiger partial charge in [-0.2, -0.15) is 0 Å². The number of amides is 1. The maximum atomic E-state index is 12.7. The summed E-state index contributed by atoms with van der Waals surface area (Å²) >= 11 is 0. The summed E-state index contributed by atoms with van der Waals surface area (Å²) in [4.78, 5) is 18.7. The van der Waals surface area contributed by atoms with Crippen LogP contribution in [0.2, 0.25) is 0 Å². The molecule has 2 aromatic rings. The third-order valence-corrected chi connectivity index (χ3v) is 5.75. The summed E-state index contributed by atoms with van der Waals surface area (Å²) in [5.74, 6) is 0.504. The van der Waals surface area contributed by atoms with Gasteiger partial charge in [-0.05, 0) is 24.8 Å². The molecule has 2 aliphatic rings. The number of hydrogen-bond donors (Lipinski definition) is 0. The van der Waals surface area contributed by atoms with Crippen LogP contribution < -0.4 is 0 Å². The van der Waals surface area contributed by atoms with Gasteiger partial charge in [0.2, 0.25) is 0 Å². The van der Waals surface area contributed by atoms with Gasteiger partial charge in [-0.25, -0.2) is 4.98 Å². The highest BCUT2D eigenvalue weighted by Crippen LogP contribution is 2.36. The fourth-order valence-electron chi connectivity index (χ4n) is 4.09. The summed E-state index contributed by atoms with van der Waals surface area (Å²) in [6.07, 6.45) is 7.24. The predicted octanol–water partition coefficient (Wildman–Crippen LogP) is 2.79. The van der Waals surface area contributed by atoms with Gasteiger partial charge in [0.1, 0.15) is 0 Å². The van der Waals surface area contributed by atoms with Crippen molar-refractivity contribution in [2.24, 2.45) is 7.05 Å². The fraction of sp³-hybridized carbons (Fsp3) is 0.524. The molecule has 3 heterocycles. The minimum absolute atomic E-state index is 0.00466. The summed E-state index contributed by atoms with van der Waals surface area (Å²) < 4.78 is 14.1. The molecule has 4 rings (SSSR count). The summed E-state index contributed by atoms with van der Waals surface area (Å²) in [7, 11) is 1.85. The van der Waals surface area contributed by atoms with Crippen molar-refractivity contribution in [3.05, 3.63) is 54.1 Å². The first kappa shape index (κ1) is 18.2. The van der Waals surface area contributed by atoms with E-state index in [0.29, 0.717) is 25.5 Å². The number of carbonyl (C=O) groups is 1. The number of ether oxygens (including phenoxy) is 2. The summed E-state index contributed by atoms with van der Waals surface area (Å²) in [6, 6.07) is 10.3. The number of piperidine rings is 1. The Labute approximate surface area is 160 Å². The third kappa shape index (κ3) is 4.06. The average molecular weight is 369 g/mol. The minimum Gasteiger partial charge on any atom is -0.375 e. The fourth-order valence-corrected chi connectivity index (χ4v) is 4.09. The van der Waals surface area contributed by atoms with Gasteiger partial charge in [-0.15, -0.1) is 0 Å². The van der Waals surface area contributed by atoms with Crippen molar-refractivity contribution < 1.29 is 14.3 Å². The van der Waals surface area contributed by atoms with Gasteiger partial charge in [0, 0.05) is 45.6 Å². The van der Waals surface area contributed by atoms with E-state index in [2.05, 4.69) is 17.1 Å². The van der Waals surface area contributed by atoms with Gasteiger partial charge in [-0.1, -0.05) is 30.3 Å². The van der Waals surface area contributed by atoms with Crippen LogP contribution in [0.15, 0.2) is 42.7 Å². The van der Waals surface area contributed by atoms with Crippen molar-refractivity contribution in [1.82, 2.24) is 14.5 Å². The lowest BCUT2D eigenvalue weighted by Crippen LogP contribution is -2.52. The second-order valence-corrected chi connectivity index (χ2v) is 7.60. The number of aryl methyl sites for hydroxylation is 1. The highest BCUT2D eigenvalue weighted by molar-refractivity contribution is 5.90. The molecule has 1 aromatic carbocycles. The Bertz CT molecular complexity index is 766. The van der Waals surface area contributed by atoms with Gasteiger partial charge in [-0.3, -0.25) is 4.79 Å². The number of carbonyl (C=O) groups excluding carboxylic acids is 1. The molecule has 6 nitrogen and oxygen atoms in total. The molecule has 0 radical (unpaired) electrons. The van der Waals surface area contributed by atoms with Gasteiger partial charge in [0.15, 0.2) is 5.82 Å². The highest BCUT2D eigenvalue weighted by atomic mass is 16.5. The summed E-state index contributed by atoms with van der Waals surface area (Å²) in [6.45, 7) is 2.78. The zero-order chi connectivity index (χ0) is 18.7. The van der Waals surface area contributed by atoms with Gasteiger partial charge >= 0.3 is 0 Å². The molecular formula is C21H27N3O3. The lowest BCUT2D eigenvalue weighted by atomic mass is 9.83. The first-order chi connectivity index (χ1) is 13.2. The normalized spacial score (nSPS) is 22.1. The second kappa shape index (κ2) is 7.82. The first-order valence-corrected chi connectivity index (χ1v) is 9.71. The lowest BCUT2D eigenvalue weighted by Gasteiger charge is -2.46. The van der Waals surface area contributed by atoms with Gasteiger partial charge < -0.3 is 18.9 Å². The first-order valence-electron chi connectivity index (χ1n) is 9.71. The Morgan fingerprint density at radius 1 is 1.30 bits per heavy atom. The SMILES string of the molecule is Cn1ccnc1C(=O)N1CCC2(CC1)CC(OCc1ccccc1)CCO2. The van der Waals surface area contributed by atoms with Gasteiger partial charge in [0.05, 0.1) is 18.3 Å². The molecule has 0 aliphatic carbocycles. The Hall–Kier alpha value is -2.18. The van der Waals surface area contributed by atoms with E-state index < -0.39 is 0 Å². The monoisotopic (exact) mass is 369 g/mol. The molecule has 0 saturated carbocycles. The van der Waals surface area contributed by atoms with Crippen LogP contribution in [-0.2, 0) is 23.1 Å². The van der Waals surface area contributed by atoms with Crippen LogP contribution >= 0.6 is 0 Å². The largest absolute Gasteiger partial charge is 0.375 e. The Morgan fingerprint density at radius 3 is 2.78 bits per heavy atom. The van der Waals surface area contributed by atoms with Crippen molar-refractivity contribution in [1.29, 1.82) is 0 Å². The van der Waals surface area contributed by atoms with E-state index in [-0.39, 0.29) is 17.6 Å².